The van der Waals surface area contributed by atoms with E-state index in [2.05, 4.69) is 15.3 Å². The Kier molecular flexibility index (Phi) is 3.66. The summed E-state index contributed by atoms with van der Waals surface area (Å²) in [5.41, 5.74) is 2.66. The van der Waals surface area contributed by atoms with E-state index >= 15 is 0 Å². The SMILES string of the molecule is O=C(Cn1c(=O)[nH]c2ccccc21)Nc1cccc(-n2ccnc2)c1. The predicted molar refractivity (Wildman–Crippen MR) is 94.8 cm³/mol. The van der Waals surface area contributed by atoms with Gasteiger partial charge in [0.15, 0.2) is 0 Å². The largest absolute Gasteiger partial charge is 0.326 e. The smallest absolute Gasteiger partial charge is 0.324 e. The zero-order chi connectivity index (χ0) is 17.2. The van der Waals surface area contributed by atoms with Crippen molar-refractivity contribution < 1.29 is 4.79 Å². The average Bonchev–Trinajstić information content (AvgIpc) is 3.24. The molecule has 0 aliphatic rings. The van der Waals surface area contributed by atoms with E-state index in [0.717, 1.165) is 5.69 Å². The molecule has 2 aromatic carbocycles. The van der Waals surface area contributed by atoms with Crippen LogP contribution in [0, 0.1) is 0 Å². The Morgan fingerprint density at radius 2 is 2.04 bits per heavy atom. The number of fused-ring (bicyclic) bond motifs is 1. The van der Waals surface area contributed by atoms with Gasteiger partial charge in [0.1, 0.15) is 6.54 Å². The van der Waals surface area contributed by atoms with Crippen molar-refractivity contribution in [1.29, 1.82) is 0 Å². The number of anilines is 1. The number of aromatic amines is 1. The van der Waals surface area contributed by atoms with Crippen molar-refractivity contribution in [2.75, 3.05) is 5.32 Å². The van der Waals surface area contributed by atoms with E-state index in [1.807, 2.05) is 41.1 Å². The Morgan fingerprint density at radius 1 is 1.16 bits per heavy atom. The second-order valence-electron chi connectivity index (χ2n) is 5.60. The molecule has 2 aromatic heterocycles. The first-order valence-corrected chi connectivity index (χ1v) is 7.76. The van der Waals surface area contributed by atoms with Crippen LogP contribution in [0.2, 0.25) is 0 Å². The van der Waals surface area contributed by atoms with Crippen LogP contribution in [0.4, 0.5) is 5.69 Å². The molecule has 0 atom stereocenters. The number of aromatic nitrogens is 4. The molecule has 0 saturated carbocycles. The second kappa shape index (κ2) is 6.12. The van der Waals surface area contributed by atoms with Crippen molar-refractivity contribution >= 4 is 22.6 Å². The number of nitrogens with one attached hydrogen (secondary N) is 2. The van der Waals surface area contributed by atoms with Gasteiger partial charge in [-0.25, -0.2) is 9.78 Å². The van der Waals surface area contributed by atoms with Crippen molar-refractivity contribution in [3.8, 4) is 5.69 Å². The predicted octanol–water partition coefficient (Wildman–Crippen LogP) is 2.15. The fraction of sp³-hybridized carbons (Fsp3) is 0.0556. The molecule has 0 bridgehead atoms. The second-order valence-corrected chi connectivity index (χ2v) is 5.60. The number of para-hydroxylation sites is 2. The zero-order valence-electron chi connectivity index (χ0n) is 13.2. The maximum Gasteiger partial charge on any atom is 0.326 e. The van der Waals surface area contributed by atoms with E-state index in [-0.39, 0.29) is 18.1 Å². The first-order valence-electron chi connectivity index (χ1n) is 7.76. The van der Waals surface area contributed by atoms with Gasteiger partial charge in [0.05, 0.1) is 17.4 Å². The monoisotopic (exact) mass is 333 g/mol. The molecule has 0 fully saturated rings. The number of nitrogens with zero attached hydrogens (tertiary/aromatic N) is 3. The summed E-state index contributed by atoms with van der Waals surface area (Å²) in [6, 6.07) is 14.7. The van der Waals surface area contributed by atoms with Gasteiger partial charge in [0, 0.05) is 23.8 Å². The van der Waals surface area contributed by atoms with Gasteiger partial charge in [0.25, 0.3) is 0 Å². The number of carbonyl (C=O) groups is 1. The topological polar surface area (TPSA) is 84.7 Å². The van der Waals surface area contributed by atoms with Crippen molar-refractivity contribution in [2.24, 2.45) is 0 Å². The summed E-state index contributed by atoms with van der Waals surface area (Å²) in [5.74, 6) is -0.269. The normalized spacial score (nSPS) is 10.9. The minimum absolute atomic E-state index is 0.0574. The Balaban J connectivity index is 1.55. The quantitative estimate of drug-likeness (QED) is 0.600. The number of carbonyl (C=O) groups excluding carboxylic acids is 1. The highest BCUT2D eigenvalue weighted by Gasteiger charge is 2.10. The van der Waals surface area contributed by atoms with Crippen LogP contribution in [0.25, 0.3) is 16.7 Å². The van der Waals surface area contributed by atoms with Crippen LogP contribution in [0.15, 0.2) is 72.0 Å². The molecule has 4 rings (SSSR count). The van der Waals surface area contributed by atoms with Crippen LogP contribution in [0.1, 0.15) is 0 Å². The number of H-pyrrole nitrogens is 1. The molecule has 2 heterocycles. The van der Waals surface area contributed by atoms with Crippen LogP contribution in [-0.2, 0) is 11.3 Å². The maximum atomic E-state index is 12.4. The Labute approximate surface area is 142 Å². The number of hydrogen-bond acceptors (Lipinski definition) is 3. The van der Waals surface area contributed by atoms with E-state index in [9.17, 15) is 9.59 Å². The third-order valence-corrected chi connectivity index (χ3v) is 3.92. The molecule has 7 heteroatoms. The molecular weight excluding hydrogens is 318 g/mol. The lowest BCUT2D eigenvalue weighted by Crippen LogP contribution is -2.25. The lowest BCUT2D eigenvalue weighted by atomic mass is 10.2. The van der Waals surface area contributed by atoms with Gasteiger partial charge in [-0.3, -0.25) is 9.36 Å². The molecule has 7 nitrogen and oxygen atoms in total. The third kappa shape index (κ3) is 2.94. The molecule has 124 valence electrons. The van der Waals surface area contributed by atoms with Gasteiger partial charge in [-0.2, -0.15) is 0 Å². The van der Waals surface area contributed by atoms with E-state index in [1.54, 1.807) is 30.7 Å². The van der Waals surface area contributed by atoms with Crippen LogP contribution < -0.4 is 11.0 Å². The highest BCUT2D eigenvalue weighted by atomic mass is 16.2. The van der Waals surface area contributed by atoms with Gasteiger partial charge in [-0.05, 0) is 30.3 Å². The number of hydrogen-bond donors (Lipinski definition) is 2. The number of amides is 1. The van der Waals surface area contributed by atoms with Gasteiger partial charge in [0.2, 0.25) is 5.91 Å². The van der Waals surface area contributed by atoms with E-state index in [4.69, 9.17) is 0 Å². The first kappa shape index (κ1) is 14.9. The first-order chi connectivity index (χ1) is 12.2. The summed E-state index contributed by atoms with van der Waals surface area (Å²) in [4.78, 5) is 31.2. The summed E-state index contributed by atoms with van der Waals surface area (Å²) < 4.78 is 3.27. The molecule has 0 aliphatic heterocycles. The summed E-state index contributed by atoms with van der Waals surface area (Å²) in [7, 11) is 0. The molecule has 4 aromatic rings. The summed E-state index contributed by atoms with van der Waals surface area (Å²) >= 11 is 0. The van der Waals surface area contributed by atoms with Gasteiger partial charge in [-0.1, -0.05) is 18.2 Å². The van der Waals surface area contributed by atoms with Crippen molar-refractivity contribution in [1.82, 2.24) is 19.1 Å². The molecular formula is C18H15N5O2. The molecule has 0 unspecified atom stereocenters. The minimum Gasteiger partial charge on any atom is -0.324 e. The van der Waals surface area contributed by atoms with Crippen LogP contribution in [0.3, 0.4) is 0 Å². The highest BCUT2D eigenvalue weighted by Crippen LogP contribution is 2.15. The van der Waals surface area contributed by atoms with Crippen LogP contribution in [-0.4, -0.2) is 25.0 Å². The van der Waals surface area contributed by atoms with Gasteiger partial charge < -0.3 is 14.9 Å². The van der Waals surface area contributed by atoms with Gasteiger partial charge in [-0.15, -0.1) is 0 Å². The molecule has 2 N–H and O–H groups in total. The Morgan fingerprint density at radius 3 is 2.88 bits per heavy atom. The maximum absolute atomic E-state index is 12.4. The summed E-state index contributed by atoms with van der Waals surface area (Å²) in [5, 5.41) is 2.83. The van der Waals surface area contributed by atoms with Crippen molar-refractivity contribution in [3.63, 3.8) is 0 Å². The van der Waals surface area contributed by atoms with Crippen molar-refractivity contribution in [2.45, 2.75) is 6.54 Å². The summed E-state index contributed by atoms with van der Waals surface area (Å²) in [6.45, 7) is -0.0574. The molecule has 0 aliphatic carbocycles. The number of imidazole rings is 2. The van der Waals surface area contributed by atoms with Crippen LogP contribution >= 0.6 is 0 Å². The minimum atomic E-state index is -0.302. The fourth-order valence-electron chi connectivity index (χ4n) is 2.76. The van der Waals surface area contributed by atoms with Crippen LogP contribution in [0.5, 0.6) is 0 Å². The Bertz CT molecular complexity index is 1090. The van der Waals surface area contributed by atoms with Gasteiger partial charge >= 0.3 is 5.69 Å². The fourth-order valence-corrected chi connectivity index (χ4v) is 2.76. The van der Waals surface area contributed by atoms with E-state index in [1.165, 1.54) is 4.57 Å². The average molecular weight is 333 g/mol. The lowest BCUT2D eigenvalue weighted by Gasteiger charge is -2.08. The molecule has 25 heavy (non-hydrogen) atoms. The number of benzene rings is 2. The molecule has 0 spiro atoms. The molecule has 0 radical (unpaired) electrons. The summed E-state index contributed by atoms with van der Waals surface area (Å²) in [6.07, 6.45) is 5.20. The molecule has 0 saturated heterocycles. The van der Waals surface area contributed by atoms with E-state index < -0.39 is 0 Å². The standard InChI is InChI=1S/C18H15N5O2/c24-17(11-23-16-7-2-1-6-15(16)21-18(23)25)20-13-4-3-5-14(10-13)22-9-8-19-12-22/h1-10,12H,11H2,(H,20,24)(H,21,25). The van der Waals surface area contributed by atoms with Crippen molar-refractivity contribution in [3.05, 3.63) is 77.7 Å². The number of rotatable bonds is 4. The zero-order valence-corrected chi connectivity index (χ0v) is 13.2. The molecule has 1 amide bonds. The Hall–Kier alpha value is -3.61. The third-order valence-electron chi connectivity index (χ3n) is 3.92. The lowest BCUT2D eigenvalue weighted by molar-refractivity contribution is -0.116. The highest BCUT2D eigenvalue weighted by molar-refractivity contribution is 5.91. The van der Waals surface area contributed by atoms with E-state index in [0.29, 0.717) is 16.7 Å².